The van der Waals surface area contributed by atoms with Crippen LogP contribution in [-0.2, 0) is 9.53 Å². The molecule has 0 spiro atoms. The first-order valence-electron chi connectivity index (χ1n) is 5.56. The number of benzene rings is 1. The van der Waals surface area contributed by atoms with Crippen molar-refractivity contribution < 1.29 is 9.53 Å². The standard InChI is InChI=1S/C12H10Cl2N4O2/c1-20-9(19)8(7-5-3-2-4-6-7)15-12-17-10(13)16-11(14)18-12/h2-6,8H,1H3,(H,15,16,17,18). The smallest absolute Gasteiger partial charge is 0.333 e. The van der Waals surface area contributed by atoms with Gasteiger partial charge in [0.2, 0.25) is 16.5 Å². The van der Waals surface area contributed by atoms with Gasteiger partial charge in [-0.15, -0.1) is 0 Å². The van der Waals surface area contributed by atoms with Crippen molar-refractivity contribution in [2.45, 2.75) is 6.04 Å². The van der Waals surface area contributed by atoms with Crippen LogP contribution < -0.4 is 5.32 Å². The van der Waals surface area contributed by atoms with E-state index in [1.807, 2.05) is 6.07 Å². The Morgan fingerprint density at radius 2 is 1.75 bits per heavy atom. The first-order chi connectivity index (χ1) is 9.60. The summed E-state index contributed by atoms with van der Waals surface area (Å²) in [5.41, 5.74) is 0.701. The van der Waals surface area contributed by atoms with Crippen LogP contribution in [-0.4, -0.2) is 28.0 Å². The number of halogens is 2. The number of methoxy groups -OCH3 is 1. The van der Waals surface area contributed by atoms with E-state index in [2.05, 4.69) is 20.3 Å². The van der Waals surface area contributed by atoms with Gasteiger partial charge in [-0.1, -0.05) is 30.3 Å². The van der Waals surface area contributed by atoms with Crippen LogP contribution in [0.2, 0.25) is 10.6 Å². The molecule has 104 valence electrons. The number of hydrogen-bond donors (Lipinski definition) is 1. The maximum absolute atomic E-state index is 11.9. The second-order valence-corrected chi connectivity index (χ2v) is 4.38. The highest BCUT2D eigenvalue weighted by Gasteiger charge is 2.22. The van der Waals surface area contributed by atoms with E-state index in [-0.39, 0.29) is 16.5 Å². The zero-order valence-electron chi connectivity index (χ0n) is 10.4. The molecule has 6 nitrogen and oxygen atoms in total. The summed E-state index contributed by atoms with van der Waals surface area (Å²) < 4.78 is 4.76. The number of esters is 1. The number of rotatable bonds is 4. The van der Waals surface area contributed by atoms with E-state index >= 15 is 0 Å². The van der Waals surface area contributed by atoms with E-state index in [0.29, 0.717) is 5.56 Å². The molecule has 2 aromatic rings. The summed E-state index contributed by atoms with van der Waals surface area (Å²) in [6.07, 6.45) is 0. The molecule has 0 aliphatic rings. The van der Waals surface area contributed by atoms with Crippen molar-refractivity contribution in [2.24, 2.45) is 0 Å². The third kappa shape index (κ3) is 3.55. The Balaban J connectivity index is 2.31. The van der Waals surface area contributed by atoms with E-state index in [1.165, 1.54) is 7.11 Å². The van der Waals surface area contributed by atoms with Gasteiger partial charge in [0.05, 0.1) is 7.11 Å². The molecule has 2 rings (SSSR count). The van der Waals surface area contributed by atoms with E-state index in [4.69, 9.17) is 27.9 Å². The van der Waals surface area contributed by atoms with E-state index < -0.39 is 12.0 Å². The van der Waals surface area contributed by atoms with Gasteiger partial charge in [0.25, 0.3) is 0 Å². The van der Waals surface area contributed by atoms with Gasteiger partial charge in [0.1, 0.15) is 0 Å². The molecule has 0 aliphatic carbocycles. The third-order valence-corrected chi connectivity index (χ3v) is 2.76. The van der Waals surface area contributed by atoms with Crippen molar-refractivity contribution in [1.29, 1.82) is 0 Å². The lowest BCUT2D eigenvalue weighted by Crippen LogP contribution is -2.23. The average molecular weight is 313 g/mol. The summed E-state index contributed by atoms with van der Waals surface area (Å²) >= 11 is 11.4. The first kappa shape index (κ1) is 14.5. The SMILES string of the molecule is COC(=O)C(Nc1nc(Cl)nc(Cl)n1)c1ccccc1. The van der Waals surface area contributed by atoms with Gasteiger partial charge in [0, 0.05) is 0 Å². The Bertz CT molecular complexity index is 589. The van der Waals surface area contributed by atoms with Crippen molar-refractivity contribution in [3.63, 3.8) is 0 Å². The molecule has 1 heterocycles. The average Bonchev–Trinajstić information content (AvgIpc) is 2.44. The van der Waals surface area contributed by atoms with Gasteiger partial charge in [-0.05, 0) is 28.8 Å². The van der Waals surface area contributed by atoms with Gasteiger partial charge in [-0.25, -0.2) is 4.79 Å². The van der Waals surface area contributed by atoms with E-state index in [1.54, 1.807) is 24.3 Å². The van der Waals surface area contributed by atoms with Crippen molar-refractivity contribution >= 4 is 35.1 Å². The Hall–Kier alpha value is -1.92. The van der Waals surface area contributed by atoms with Crippen LogP contribution in [0.1, 0.15) is 11.6 Å². The summed E-state index contributed by atoms with van der Waals surface area (Å²) in [4.78, 5) is 23.2. The number of nitrogens with one attached hydrogen (secondary N) is 1. The molecule has 0 aliphatic heterocycles. The van der Waals surface area contributed by atoms with Gasteiger partial charge in [0.15, 0.2) is 6.04 Å². The molecule has 1 N–H and O–H groups in total. The molecular formula is C12H10Cl2N4O2. The molecule has 0 saturated heterocycles. The van der Waals surface area contributed by atoms with Crippen LogP contribution in [0.15, 0.2) is 30.3 Å². The fourth-order valence-electron chi connectivity index (χ4n) is 1.56. The van der Waals surface area contributed by atoms with Crippen LogP contribution in [0.5, 0.6) is 0 Å². The highest BCUT2D eigenvalue weighted by atomic mass is 35.5. The molecular weight excluding hydrogens is 303 g/mol. The molecule has 1 aromatic carbocycles. The molecule has 0 bridgehead atoms. The second-order valence-electron chi connectivity index (χ2n) is 3.71. The number of hydrogen-bond acceptors (Lipinski definition) is 6. The number of carbonyl (C=O) groups excluding carboxylic acids is 1. The Morgan fingerprint density at radius 1 is 1.15 bits per heavy atom. The van der Waals surface area contributed by atoms with Gasteiger partial charge in [-0.3, -0.25) is 0 Å². The number of nitrogens with zero attached hydrogens (tertiary/aromatic N) is 3. The Labute approximate surface area is 125 Å². The molecule has 8 heteroatoms. The van der Waals surface area contributed by atoms with Crippen LogP contribution >= 0.6 is 23.2 Å². The largest absolute Gasteiger partial charge is 0.467 e. The number of carbonyl (C=O) groups is 1. The zero-order chi connectivity index (χ0) is 14.5. The predicted molar refractivity (Wildman–Crippen MR) is 74.7 cm³/mol. The van der Waals surface area contributed by atoms with Crippen LogP contribution in [0.25, 0.3) is 0 Å². The predicted octanol–water partition coefficient (Wildman–Crippen LogP) is 2.50. The normalized spacial score (nSPS) is 11.8. The molecule has 0 amide bonds. The Morgan fingerprint density at radius 3 is 2.30 bits per heavy atom. The molecule has 0 fully saturated rings. The van der Waals surface area contributed by atoms with Crippen molar-refractivity contribution in [2.75, 3.05) is 12.4 Å². The maximum atomic E-state index is 11.9. The van der Waals surface area contributed by atoms with Gasteiger partial charge >= 0.3 is 5.97 Å². The van der Waals surface area contributed by atoms with E-state index in [9.17, 15) is 4.79 Å². The lowest BCUT2D eigenvalue weighted by atomic mass is 10.1. The number of aromatic nitrogens is 3. The summed E-state index contributed by atoms with van der Waals surface area (Å²) in [5.74, 6) is -0.391. The first-order valence-corrected chi connectivity index (χ1v) is 6.32. The fourth-order valence-corrected chi connectivity index (χ4v) is 1.92. The molecule has 1 aromatic heterocycles. The number of ether oxygens (including phenoxy) is 1. The molecule has 1 atom stereocenters. The van der Waals surface area contributed by atoms with Crippen LogP contribution in [0.3, 0.4) is 0 Å². The summed E-state index contributed by atoms with van der Waals surface area (Å²) in [5, 5.41) is 2.69. The molecule has 0 radical (unpaired) electrons. The third-order valence-electron chi connectivity index (χ3n) is 2.42. The summed E-state index contributed by atoms with van der Waals surface area (Å²) in [6, 6.07) is 8.24. The summed E-state index contributed by atoms with van der Waals surface area (Å²) in [6.45, 7) is 0. The van der Waals surface area contributed by atoms with Crippen molar-refractivity contribution in [3.8, 4) is 0 Å². The topological polar surface area (TPSA) is 77.0 Å². The van der Waals surface area contributed by atoms with Crippen molar-refractivity contribution in [1.82, 2.24) is 15.0 Å². The van der Waals surface area contributed by atoms with Crippen LogP contribution in [0.4, 0.5) is 5.95 Å². The minimum atomic E-state index is -0.768. The number of anilines is 1. The fraction of sp³-hybridized carbons (Fsp3) is 0.167. The highest BCUT2D eigenvalue weighted by Crippen LogP contribution is 2.20. The maximum Gasteiger partial charge on any atom is 0.333 e. The minimum Gasteiger partial charge on any atom is -0.467 e. The lowest BCUT2D eigenvalue weighted by Gasteiger charge is -2.16. The molecule has 20 heavy (non-hydrogen) atoms. The highest BCUT2D eigenvalue weighted by molar-refractivity contribution is 6.31. The monoisotopic (exact) mass is 312 g/mol. The lowest BCUT2D eigenvalue weighted by molar-refractivity contribution is -0.141. The van der Waals surface area contributed by atoms with Crippen LogP contribution in [0, 0.1) is 0 Å². The molecule has 0 saturated carbocycles. The zero-order valence-corrected chi connectivity index (χ0v) is 11.9. The Kier molecular flexibility index (Phi) is 4.70. The van der Waals surface area contributed by atoms with Crippen molar-refractivity contribution in [3.05, 3.63) is 46.5 Å². The van der Waals surface area contributed by atoms with Gasteiger partial charge < -0.3 is 10.1 Å². The second kappa shape index (κ2) is 6.49. The molecule has 1 unspecified atom stereocenters. The minimum absolute atomic E-state index is 0.0656. The summed E-state index contributed by atoms with van der Waals surface area (Å²) in [7, 11) is 1.30. The quantitative estimate of drug-likeness (QED) is 0.874. The van der Waals surface area contributed by atoms with Gasteiger partial charge in [-0.2, -0.15) is 15.0 Å². The van der Waals surface area contributed by atoms with E-state index in [0.717, 1.165) is 0 Å².